The molecule has 2 rings (SSSR count). The fraction of sp³-hybridized carbons (Fsp3) is 0.333. The molecule has 106 valence electrons. The number of carbonyl (C=O) groups excluding carboxylic acids is 1. The van der Waals surface area contributed by atoms with Crippen LogP contribution in [-0.2, 0) is 24.8 Å². The van der Waals surface area contributed by atoms with E-state index in [1.54, 1.807) is 10.9 Å². The van der Waals surface area contributed by atoms with Gasteiger partial charge in [-0.3, -0.25) is 9.48 Å². The molecule has 20 heavy (non-hydrogen) atoms. The highest BCUT2D eigenvalue weighted by atomic mass is 16.1. The predicted molar refractivity (Wildman–Crippen MR) is 77.7 cm³/mol. The van der Waals surface area contributed by atoms with Crippen molar-refractivity contribution in [1.82, 2.24) is 15.1 Å². The summed E-state index contributed by atoms with van der Waals surface area (Å²) in [5.74, 6) is -0.219. The molecule has 2 aromatic rings. The van der Waals surface area contributed by atoms with Crippen molar-refractivity contribution in [2.24, 2.45) is 18.7 Å². The first kappa shape index (κ1) is 14.3. The minimum absolute atomic E-state index is 0.0162. The molecule has 0 aliphatic rings. The van der Waals surface area contributed by atoms with Crippen molar-refractivity contribution in [3.8, 4) is 0 Å². The summed E-state index contributed by atoms with van der Waals surface area (Å²) in [4.78, 5) is 12.2. The number of aryl methyl sites for hydroxylation is 1. The zero-order valence-corrected chi connectivity index (χ0v) is 11.6. The van der Waals surface area contributed by atoms with Crippen molar-refractivity contribution < 1.29 is 4.79 Å². The lowest BCUT2D eigenvalue weighted by atomic mass is 9.98. The Hall–Kier alpha value is -2.14. The molecule has 1 atom stereocenters. The standard InChI is InChI=1S/C15H20N4O/c1-19-14(7-8-18-19)11-17-15(20)13(10-16)9-12-5-3-2-4-6-12/h2-8,13H,9-11,16H2,1H3,(H,17,20). The summed E-state index contributed by atoms with van der Waals surface area (Å²) in [6, 6.07) is 11.8. The number of nitrogens with two attached hydrogens (primary N) is 1. The molecule has 0 bridgehead atoms. The van der Waals surface area contributed by atoms with Crippen LogP contribution < -0.4 is 11.1 Å². The summed E-state index contributed by atoms with van der Waals surface area (Å²) in [6.07, 6.45) is 2.38. The molecule has 0 radical (unpaired) electrons. The van der Waals surface area contributed by atoms with Gasteiger partial charge in [-0.15, -0.1) is 0 Å². The molecule has 0 fully saturated rings. The van der Waals surface area contributed by atoms with Crippen molar-refractivity contribution in [1.29, 1.82) is 0 Å². The summed E-state index contributed by atoms with van der Waals surface area (Å²) < 4.78 is 1.74. The first-order valence-electron chi connectivity index (χ1n) is 6.69. The van der Waals surface area contributed by atoms with Crippen LogP contribution in [0.5, 0.6) is 0 Å². The molecule has 1 unspecified atom stereocenters. The zero-order valence-electron chi connectivity index (χ0n) is 11.6. The van der Waals surface area contributed by atoms with Gasteiger partial charge in [0.05, 0.1) is 18.2 Å². The van der Waals surface area contributed by atoms with E-state index in [1.807, 2.05) is 43.4 Å². The number of aromatic nitrogens is 2. The van der Waals surface area contributed by atoms with Crippen LogP contribution in [0.25, 0.3) is 0 Å². The number of hydrogen-bond donors (Lipinski definition) is 2. The highest BCUT2D eigenvalue weighted by molar-refractivity contribution is 5.79. The van der Waals surface area contributed by atoms with E-state index in [9.17, 15) is 4.79 Å². The Morgan fingerprint density at radius 1 is 1.35 bits per heavy atom. The lowest BCUT2D eigenvalue weighted by molar-refractivity contribution is -0.124. The van der Waals surface area contributed by atoms with E-state index in [2.05, 4.69) is 10.4 Å². The van der Waals surface area contributed by atoms with Crippen LogP contribution in [0.4, 0.5) is 0 Å². The Labute approximate surface area is 118 Å². The maximum Gasteiger partial charge on any atom is 0.225 e. The third-order valence-corrected chi connectivity index (χ3v) is 3.35. The second-order valence-corrected chi connectivity index (χ2v) is 4.79. The summed E-state index contributed by atoms with van der Waals surface area (Å²) in [7, 11) is 1.85. The molecule has 5 nitrogen and oxygen atoms in total. The van der Waals surface area contributed by atoms with Gasteiger partial charge in [0.25, 0.3) is 0 Å². The molecule has 0 saturated heterocycles. The monoisotopic (exact) mass is 272 g/mol. The second-order valence-electron chi connectivity index (χ2n) is 4.79. The third-order valence-electron chi connectivity index (χ3n) is 3.35. The minimum Gasteiger partial charge on any atom is -0.350 e. The SMILES string of the molecule is Cn1nccc1CNC(=O)C(CN)Cc1ccccc1. The second kappa shape index (κ2) is 6.86. The van der Waals surface area contributed by atoms with E-state index >= 15 is 0 Å². The molecule has 1 aromatic carbocycles. The number of nitrogens with zero attached hydrogens (tertiary/aromatic N) is 2. The average molecular weight is 272 g/mol. The van der Waals surface area contributed by atoms with Crippen LogP contribution in [-0.4, -0.2) is 22.2 Å². The van der Waals surface area contributed by atoms with E-state index in [0.717, 1.165) is 11.3 Å². The van der Waals surface area contributed by atoms with Gasteiger partial charge in [-0.05, 0) is 18.1 Å². The molecular formula is C15H20N4O. The van der Waals surface area contributed by atoms with Gasteiger partial charge in [0.1, 0.15) is 0 Å². The van der Waals surface area contributed by atoms with Crippen LogP contribution in [0, 0.1) is 5.92 Å². The molecule has 0 spiro atoms. The lowest BCUT2D eigenvalue weighted by Gasteiger charge is -2.15. The molecular weight excluding hydrogens is 252 g/mol. The average Bonchev–Trinajstić information content (AvgIpc) is 2.88. The Kier molecular flexibility index (Phi) is 4.90. The molecule has 1 aromatic heterocycles. The number of amides is 1. The normalized spacial score (nSPS) is 12.1. The maximum atomic E-state index is 12.2. The Morgan fingerprint density at radius 3 is 2.70 bits per heavy atom. The van der Waals surface area contributed by atoms with Crippen molar-refractivity contribution in [3.05, 3.63) is 53.9 Å². The van der Waals surface area contributed by atoms with Gasteiger partial charge in [0, 0.05) is 19.8 Å². The molecule has 0 aliphatic heterocycles. The molecule has 3 N–H and O–H groups in total. The number of carbonyl (C=O) groups is 1. The van der Waals surface area contributed by atoms with Crippen LogP contribution in [0.15, 0.2) is 42.6 Å². The zero-order chi connectivity index (χ0) is 14.4. The summed E-state index contributed by atoms with van der Waals surface area (Å²) in [6.45, 7) is 0.812. The summed E-state index contributed by atoms with van der Waals surface area (Å²) in [5.41, 5.74) is 7.81. The summed E-state index contributed by atoms with van der Waals surface area (Å²) >= 11 is 0. The van der Waals surface area contributed by atoms with E-state index < -0.39 is 0 Å². The van der Waals surface area contributed by atoms with Crippen LogP contribution >= 0.6 is 0 Å². The minimum atomic E-state index is -0.203. The third kappa shape index (κ3) is 3.68. The van der Waals surface area contributed by atoms with Gasteiger partial charge in [-0.2, -0.15) is 5.10 Å². The fourth-order valence-corrected chi connectivity index (χ4v) is 2.08. The first-order valence-corrected chi connectivity index (χ1v) is 6.69. The number of benzene rings is 1. The summed E-state index contributed by atoms with van der Waals surface area (Å²) in [5, 5.41) is 6.99. The van der Waals surface area contributed by atoms with E-state index in [4.69, 9.17) is 5.73 Å². The lowest BCUT2D eigenvalue weighted by Crippen LogP contribution is -2.36. The maximum absolute atomic E-state index is 12.2. The predicted octanol–water partition coefficient (Wildman–Crippen LogP) is 0.854. The highest BCUT2D eigenvalue weighted by Crippen LogP contribution is 2.08. The molecule has 0 aliphatic carbocycles. The smallest absolute Gasteiger partial charge is 0.225 e. The topological polar surface area (TPSA) is 72.9 Å². The van der Waals surface area contributed by atoms with Gasteiger partial charge >= 0.3 is 0 Å². The number of nitrogens with one attached hydrogen (secondary N) is 1. The molecule has 0 saturated carbocycles. The van der Waals surface area contributed by atoms with E-state index in [1.165, 1.54) is 0 Å². The van der Waals surface area contributed by atoms with Crippen molar-refractivity contribution in [2.75, 3.05) is 6.54 Å². The Balaban J connectivity index is 1.91. The quantitative estimate of drug-likeness (QED) is 0.819. The Morgan fingerprint density at radius 2 is 2.10 bits per heavy atom. The van der Waals surface area contributed by atoms with Crippen LogP contribution in [0.2, 0.25) is 0 Å². The molecule has 1 amide bonds. The van der Waals surface area contributed by atoms with Gasteiger partial charge < -0.3 is 11.1 Å². The van der Waals surface area contributed by atoms with Gasteiger partial charge in [0.15, 0.2) is 0 Å². The van der Waals surface area contributed by atoms with Crippen LogP contribution in [0.1, 0.15) is 11.3 Å². The van der Waals surface area contributed by atoms with Gasteiger partial charge in [-0.25, -0.2) is 0 Å². The van der Waals surface area contributed by atoms with Crippen molar-refractivity contribution in [2.45, 2.75) is 13.0 Å². The highest BCUT2D eigenvalue weighted by Gasteiger charge is 2.17. The van der Waals surface area contributed by atoms with Gasteiger partial charge in [-0.1, -0.05) is 30.3 Å². The Bertz CT molecular complexity index is 550. The van der Waals surface area contributed by atoms with Crippen molar-refractivity contribution in [3.63, 3.8) is 0 Å². The van der Waals surface area contributed by atoms with Crippen LogP contribution in [0.3, 0.4) is 0 Å². The van der Waals surface area contributed by atoms with E-state index in [0.29, 0.717) is 19.5 Å². The largest absolute Gasteiger partial charge is 0.350 e. The van der Waals surface area contributed by atoms with E-state index in [-0.39, 0.29) is 11.8 Å². The first-order chi connectivity index (χ1) is 9.70. The molecule has 5 heteroatoms. The van der Waals surface area contributed by atoms with Crippen molar-refractivity contribution >= 4 is 5.91 Å². The number of hydrogen-bond acceptors (Lipinski definition) is 3. The fourth-order valence-electron chi connectivity index (χ4n) is 2.08. The van der Waals surface area contributed by atoms with Gasteiger partial charge in [0.2, 0.25) is 5.91 Å². The molecule has 1 heterocycles. The number of rotatable bonds is 6.